The molecule has 0 aromatic carbocycles. The van der Waals surface area contributed by atoms with Gasteiger partial charge in [-0.2, -0.15) is 4.72 Å². The average Bonchev–Trinajstić information content (AvgIpc) is 1.80. The molecule has 0 rings (SSSR count). The normalized spacial score (nSPS) is 15.4. The monoisotopic (exact) mass is 181 g/mol. The van der Waals surface area contributed by atoms with Gasteiger partial charge in [0, 0.05) is 7.11 Å². The molecule has 0 saturated heterocycles. The fourth-order valence-electron chi connectivity index (χ4n) is 0.667. The molecule has 0 aromatic rings. The molecule has 0 bridgehead atoms. The number of sulfonamides is 1. The highest BCUT2D eigenvalue weighted by Crippen LogP contribution is 2.02. The first-order chi connectivity index (χ1) is 4.87. The highest BCUT2D eigenvalue weighted by atomic mass is 32.2. The van der Waals surface area contributed by atoms with E-state index in [0.29, 0.717) is 0 Å². The lowest BCUT2D eigenvalue weighted by Crippen LogP contribution is -2.39. The Hall–Kier alpha value is -0.130. The lowest BCUT2D eigenvalue weighted by Gasteiger charge is -2.18. The molecule has 0 aliphatic heterocycles. The summed E-state index contributed by atoms with van der Waals surface area (Å²) in [5.41, 5.74) is 0. The van der Waals surface area contributed by atoms with Crippen LogP contribution in [0.3, 0.4) is 0 Å². The summed E-state index contributed by atoms with van der Waals surface area (Å²) in [6.07, 6.45) is 0.687. The molecule has 11 heavy (non-hydrogen) atoms. The molecule has 0 amide bonds. The van der Waals surface area contributed by atoms with Gasteiger partial charge in [0.15, 0.2) is 0 Å². The van der Waals surface area contributed by atoms with Gasteiger partial charge in [0.25, 0.3) is 0 Å². The molecule has 1 atom stereocenters. The molecule has 0 aliphatic carbocycles. The van der Waals surface area contributed by atoms with Crippen molar-refractivity contribution in [3.63, 3.8) is 0 Å². The summed E-state index contributed by atoms with van der Waals surface area (Å²) in [7, 11) is -1.68. The average molecular weight is 181 g/mol. The number of ether oxygens (including phenoxy) is 1. The first kappa shape index (κ1) is 10.9. The van der Waals surface area contributed by atoms with E-state index in [0.717, 1.165) is 6.26 Å². The maximum absolute atomic E-state index is 10.7. The van der Waals surface area contributed by atoms with Crippen LogP contribution in [-0.2, 0) is 14.8 Å². The molecule has 4 nitrogen and oxygen atoms in total. The van der Waals surface area contributed by atoms with Gasteiger partial charge < -0.3 is 4.74 Å². The van der Waals surface area contributed by atoms with Crippen LogP contribution < -0.4 is 4.72 Å². The maximum Gasteiger partial charge on any atom is 0.210 e. The zero-order valence-corrected chi connectivity index (χ0v) is 8.10. The molecule has 1 unspecified atom stereocenters. The topological polar surface area (TPSA) is 55.4 Å². The van der Waals surface area contributed by atoms with Crippen molar-refractivity contribution in [1.29, 1.82) is 0 Å². The summed E-state index contributed by atoms with van der Waals surface area (Å²) < 4.78 is 28.7. The lowest BCUT2D eigenvalue weighted by molar-refractivity contribution is 0.0565. The molecular weight excluding hydrogens is 166 g/mol. The molecule has 0 heterocycles. The Bertz CT molecular complexity index is 198. The maximum atomic E-state index is 10.7. The quantitative estimate of drug-likeness (QED) is 0.629. The van der Waals surface area contributed by atoms with Crippen LogP contribution in [0.1, 0.15) is 13.8 Å². The second-order valence-corrected chi connectivity index (χ2v) is 4.57. The summed E-state index contributed by atoms with van der Waals surface area (Å²) in [6, 6.07) is 0. The zero-order chi connectivity index (χ0) is 9.07. The van der Waals surface area contributed by atoms with E-state index in [1.54, 1.807) is 0 Å². The second kappa shape index (κ2) is 4.04. The summed E-state index contributed by atoms with van der Waals surface area (Å²) in [4.78, 5) is 0. The largest absolute Gasteiger partial charge is 0.365 e. The summed E-state index contributed by atoms with van der Waals surface area (Å²) in [6.45, 7) is 3.76. The van der Waals surface area contributed by atoms with E-state index < -0.39 is 16.3 Å². The standard InChI is InChI=1S/C6H15NO3S/c1-5(2)6(10-3)7-11(4,8)9/h5-7H,1-4H3. The van der Waals surface area contributed by atoms with Crippen molar-refractivity contribution in [2.45, 2.75) is 20.1 Å². The first-order valence-corrected chi connectivity index (χ1v) is 5.26. The van der Waals surface area contributed by atoms with Crippen LogP contribution in [0.25, 0.3) is 0 Å². The Morgan fingerprint density at radius 2 is 1.82 bits per heavy atom. The third kappa shape index (κ3) is 5.17. The van der Waals surface area contributed by atoms with E-state index in [2.05, 4.69) is 4.72 Å². The van der Waals surface area contributed by atoms with E-state index >= 15 is 0 Å². The Morgan fingerprint density at radius 1 is 1.36 bits per heavy atom. The summed E-state index contributed by atoms with van der Waals surface area (Å²) in [5, 5.41) is 0. The Morgan fingerprint density at radius 3 is 1.91 bits per heavy atom. The second-order valence-electron chi connectivity index (χ2n) is 2.79. The molecule has 1 N–H and O–H groups in total. The van der Waals surface area contributed by atoms with Crippen LogP contribution in [0, 0.1) is 5.92 Å². The number of hydrogen-bond donors (Lipinski definition) is 1. The van der Waals surface area contributed by atoms with E-state index in [1.165, 1.54) is 7.11 Å². The Labute approximate surface area is 68.0 Å². The van der Waals surface area contributed by atoms with Crippen molar-refractivity contribution in [3.8, 4) is 0 Å². The van der Waals surface area contributed by atoms with E-state index in [9.17, 15) is 8.42 Å². The third-order valence-corrected chi connectivity index (χ3v) is 1.85. The van der Waals surface area contributed by atoms with Crippen molar-refractivity contribution in [2.75, 3.05) is 13.4 Å². The van der Waals surface area contributed by atoms with Crippen LogP contribution in [-0.4, -0.2) is 28.0 Å². The fourth-order valence-corrected chi connectivity index (χ4v) is 1.46. The molecule has 0 fully saturated rings. The van der Waals surface area contributed by atoms with E-state index in [1.807, 2.05) is 13.8 Å². The highest BCUT2D eigenvalue weighted by molar-refractivity contribution is 7.88. The number of rotatable bonds is 4. The molecule has 0 radical (unpaired) electrons. The van der Waals surface area contributed by atoms with Crippen molar-refractivity contribution in [1.82, 2.24) is 4.72 Å². The van der Waals surface area contributed by atoms with Gasteiger partial charge in [-0.25, -0.2) is 8.42 Å². The minimum Gasteiger partial charge on any atom is -0.365 e. The molecule has 0 aromatic heterocycles. The van der Waals surface area contributed by atoms with Crippen LogP contribution in [0.2, 0.25) is 0 Å². The van der Waals surface area contributed by atoms with Gasteiger partial charge in [-0.1, -0.05) is 13.8 Å². The van der Waals surface area contributed by atoms with Crippen LogP contribution >= 0.6 is 0 Å². The Kier molecular flexibility index (Phi) is 3.99. The molecule has 5 heteroatoms. The molecule has 68 valence electrons. The number of hydrogen-bond acceptors (Lipinski definition) is 3. The van der Waals surface area contributed by atoms with Crippen LogP contribution in [0.5, 0.6) is 0 Å². The SMILES string of the molecule is COC(NS(C)(=O)=O)C(C)C. The molecular formula is C6H15NO3S. The first-order valence-electron chi connectivity index (χ1n) is 3.37. The highest BCUT2D eigenvalue weighted by Gasteiger charge is 2.15. The van der Waals surface area contributed by atoms with Gasteiger partial charge in [-0.15, -0.1) is 0 Å². The fraction of sp³-hybridized carbons (Fsp3) is 1.00. The number of nitrogens with one attached hydrogen (secondary N) is 1. The van der Waals surface area contributed by atoms with E-state index in [-0.39, 0.29) is 5.92 Å². The number of methoxy groups -OCH3 is 1. The molecule has 0 spiro atoms. The van der Waals surface area contributed by atoms with Gasteiger partial charge in [-0.3, -0.25) is 0 Å². The van der Waals surface area contributed by atoms with E-state index in [4.69, 9.17) is 4.74 Å². The zero-order valence-electron chi connectivity index (χ0n) is 7.29. The predicted octanol–water partition coefficient (Wildman–Crippen LogP) is 0.164. The van der Waals surface area contributed by atoms with Crippen molar-refractivity contribution in [3.05, 3.63) is 0 Å². The smallest absolute Gasteiger partial charge is 0.210 e. The van der Waals surface area contributed by atoms with Gasteiger partial charge in [0.2, 0.25) is 10.0 Å². The van der Waals surface area contributed by atoms with Gasteiger partial charge in [0.1, 0.15) is 6.23 Å². The Balaban J connectivity index is 4.10. The minimum absolute atomic E-state index is 0.134. The van der Waals surface area contributed by atoms with Crippen molar-refractivity contribution in [2.24, 2.45) is 5.92 Å². The van der Waals surface area contributed by atoms with Gasteiger partial charge in [-0.05, 0) is 5.92 Å². The molecule has 0 aliphatic rings. The van der Waals surface area contributed by atoms with Crippen molar-refractivity contribution >= 4 is 10.0 Å². The van der Waals surface area contributed by atoms with Crippen molar-refractivity contribution < 1.29 is 13.2 Å². The summed E-state index contributed by atoms with van der Waals surface area (Å²) in [5.74, 6) is 0.134. The molecule has 0 saturated carbocycles. The lowest BCUT2D eigenvalue weighted by atomic mass is 10.2. The van der Waals surface area contributed by atoms with Gasteiger partial charge in [0.05, 0.1) is 6.26 Å². The predicted molar refractivity (Wildman–Crippen MR) is 43.6 cm³/mol. The van der Waals surface area contributed by atoms with Crippen LogP contribution in [0.15, 0.2) is 0 Å². The van der Waals surface area contributed by atoms with Gasteiger partial charge >= 0.3 is 0 Å². The minimum atomic E-state index is -3.16. The van der Waals surface area contributed by atoms with Crippen LogP contribution in [0.4, 0.5) is 0 Å². The summed E-state index contributed by atoms with van der Waals surface area (Å²) >= 11 is 0. The third-order valence-electron chi connectivity index (χ3n) is 1.19.